The van der Waals surface area contributed by atoms with E-state index in [1.807, 2.05) is 17.5 Å². The molecule has 1 heterocycles. The van der Waals surface area contributed by atoms with Crippen molar-refractivity contribution >= 4 is 29.1 Å². The number of rotatable bonds is 5. The number of benzene rings is 1. The van der Waals surface area contributed by atoms with Gasteiger partial charge in [0, 0.05) is 16.5 Å². The Labute approximate surface area is 123 Å². The summed E-state index contributed by atoms with van der Waals surface area (Å²) in [4.78, 5) is 22.5. The first-order valence-electron chi connectivity index (χ1n) is 5.88. The number of carbonyl (C=O) groups is 1. The summed E-state index contributed by atoms with van der Waals surface area (Å²) in [6.07, 6.45) is 1.50. The van der Waals surface area contributed by atoms with Gasteiger partial charge in [-0.1, -0.05) is 6.07 Å². The Morgan fingerprint density at radius 1 is 1.48 bits per heavy atom. The summed E-state index contributed by atoms with van der Waals surface area (Å²) < 4.78 is 0. The number of carbonyl (C=O) groups excluding carboxylic acids is 1. The van der Waals surface area contributed by atoms with E-state index in [0.29, 0.717) is 5.56 Å². The van der Waals surface area contributed by atoms with Crippen LogP contribution in [-0.4, -0.2) is 22.2 Å². The lowest BCUT2D eigenvalue weighted by Crippen LogP contribution is -2.19. The Hall–Kier alpha value is -2.74. The third-order valence-corrected chi connectivity index (χ3v) is 3.39. The molecule has 7 nitrogen and oxygen atoms in total. The number of hydrogen-bond donors (Lipinski definition) is 2. The lowest BCUT2D eigenvalue weighted by molar-refractivity contribution is -0.385. The van der Waals surface area contributed by atoms with Gasteiger partial charge in [-0.3, -0.25) is 14.9 Å². The standard InChI is InChI=1S/C13H11N3O4S/c17-12-4-3-9(6-11(12)16(19)20)8-14-15-13(18)7-10-2-1-5-21-10/h1-6,8,17H,7H2,(H,15,18)/b14-8-. The Kier molecular flexibility index (Phi) is 4.62. The maximum Gasteiger partial charge on any atom is 0.311 e. The van der Waals surface area contributed by atoms with Crippen molar-refractivity contribution in [2.45, 2.75) is 6.42 Å². The molecule has 2 aromatic rings. The maximum atomic E-state index is 11.6. The number of hydrogen-bond acceptors (Lipinski definition) is 6. The molecule has 0 saturated heterocycles. The molecule has 8 heteroatoms. The van der Waals surface area contributed by atoms with Crippen LogP contribution in [0.2, 0.25) is 0 Å². The summed E-state index contributed by atoms with van der Waals surface area (Å²) in [5, 5.41) is 25.6. The number of phenolic OH excluding ortho intramolecular Hbond substituents is 1. The van der Waals surface area contributed by atoms with E-state index in [9.17, 15) is 20.0 Å². The SMILES string of the molecule is O=C(Cc1cccs1)N/N=C\c1ccc(O)c([N+](=O)[O-])c1. The van der Waals surface area contributed by atoms with Crippen LogP contribution in [0.3, 0.4) is 0 Å². The third-order valence-electron chi connectivity index (χ3n) is 2.51. The van der Waals surface area contributed by atoms with E-state index in [1.54, 1.807) is 0 Å². The van der Waals surface area contributed by atoms with Gasteiger partial charge in [-0.05, 0) is 23.6 Å². The van der Waals surface area contributed by atoms with Crippen LogP contribution < -0.4 is 5.43 Å². The van der Waals surface area contributed by atoms with E-state index in [-0.39, 0.29) is 12.3 Å². The highest BCUT2D eigenvalue weighted by atomic mass is 32.1. The summed E-state index contributed by atoms with van der Waals surface area (Å²) >= 11 is 1.47. The van der Waals surface area contributed by atoms with Crippen molar-refractivity contribution in [1.29, 1.82) is 0 Å². The molecular formula is C13H11N3O4S. The minimum absolute atomic E-state index is 0.227. The molecule has 0 atom stereocenters. The van der Waals surface area contributed by atoms with Gasteiger partial charge >= 0.3 is 5.69 Å². The fraction of sp³-hybridized carbons (Fsp3) is 0.0769. The smallest absolute Gasteiger partial charge is 0.311 e. The molecule has 0 radical (unpaired) electrons. The number of thiophene rings is 1. The van der Waals surface area contributed by atoms with E-state index in [2.05, 4.69) is 10.5 Å². The van der Waals surface area contributed by atoms with Gasteiger partial charge in [-0.2, -0.15) is 5.10 Å². The van der Waals surface area contributed by atoms with Crippen molar-refractivity contribution < 1.29 is 14.8 Å². The molecule has 0 aliphatic carbocycles. The predicted molar refractivity (Wildman–Crippen MR) is 78.5 cm³/mol. The number of nitro benzene ring substituents is 1. The first kappa shape index (κ1) is 14.7. The van der Waals surface area contributed by atoms with Crippen molar-refractivity contribution in [3.63, 3.8) is 0 Å². The molecular weight excluding hydrogens is 294 g/mol. The Morgan fingerprint density at radius 3 is 2.95 bits per heavy atom. The molecule has 0 aliphatic heterocycles. The van der Waals surface area contributed by atoms with Crippen LogP contribution in [0.1, 0.15) is 10.4 Å². The number of nitro groups is 1. The van der Waals surface area contributed by atoms with Gasteiger partial charge in [0.2, 0.25) is 5.91 Å². The number of phenols is 1. The summed E-state index contributed by atoms with van der Waals surface area (Å²) in [6.45, 7) is 0. The van der Waals surface area contributed by atoms with E-state index in [1.165, 1.54) is 35.8 Å². The summed E-state index contributed by atoms with van der Waals surface area (Å²) in [6, 6.07) is 7.53. The van der Waals surface area contributed by atoms with E-state index in [0.717, 1.165) is 4.88 Å². The summed E-state index contributed by atoms with van der Waals surface area (Å²) in [5.74, 6) is -0.694. The molecule has 0 fully saturated rings. The first-order valence-corrected chi connectivity index (χ1v) is 6.76. The van der Waals surface area contributed by atoms with E-state index in [4.69, 9.17) is 0 Å². The molecule has 1 aromatic heterocycles. The van der Waals surface area contributed by atoms with Crippen LogP contribution in [0.5, 0.6) is 5.75 Å². The van der Waals surface area contributed by atoms with Gasteiger partial charge in [0.1, 0.15) is 0 Å². The zero-order valence-electron chi connectivity index (χ0n) is 10.7. The first-order chi connectivity index (χ1) is 10.1. The largest absolute Gasteiger partial charge is 0.502 e. The number of hydrazone groups is 1. The quantitative estimate of drug-likeness (QED) is 0.501. The lowest BCUT2D eigenvalue weighted by Gasteiger charge is -1.99. The fourth-order valence-corrected chi connectivity index (χ4v) is 2.26. The van der Waals surface area contributed by atoms with Crippen LogP contribution in [-0.2, 0) is 11.2 Å². The normalized spacial score (nSPS) is 10.7. The van der Waals surface area contributed by atoms with Crippen LogP contribution in [0.15, 0.2) is 40.8 Å². The highest BCUT2D eigenvalue weighted by molar-refractivity contribution is 7.10. The second-order valence-electron chi connectivity index (χ2n) is 4.05. The van der Waals surface area contributed by atoms with Crippen LogP contribution in [0, 0.1) is 10.1 Å². The van der Waals surface area contributed by atoms with Gasteiger partial charge in [0.05, 0.1) is 17.6 Å². The van der Waals surface area contributed by atoms with E-state index >= 15 is 0 Å². The Balaban J connectivity index is 1.96. The zero-order chi connectivity index (χ0) is 15.2. The molecule has 1 aromatic carbocycles. The second-order valence-corrected chi connectivity index (χ2v) is 5.09. The molecule has 2 N–H and O–H groups in total. The second kappa shape index (κ2) is 6.62. The average Bonchev–Trinajstić information content (AvgIpc) is 2.93. The minimum atomic E-state index is -0.692. The van der Waals surface area contributed by atoms with Crippen molar-refractivity contribution in [2.75, 3.05) is 0 Å². The Bertz CT molecular complexity index is 683. The van der Waals surface area contributed by atoms with Gasteiger partial charge in [-0.15, -0.1) is 11.3 Å². The van der Waals surface area contributed by atoms with Crippen molar-refractivity contribution in [2.24, 2.45) is 5.10 Å². The molecule has 0 spiro atoms. The van der Waals surface area contributed by atoms with E-state index < -0.39 is 16.4 Å². The van der Waals surface area contributed by atoms with Crippen molar-refractivity contribution in [3.05, 3.63) is 56.3 Å². The molecule has 1 amide bonds. The van der Waals surface area contributed by atoms with Crippen LogP contribution >= 0.6 is 11.3 Å². The van der Waals surface area contributed by atoms with Crippen molar-refractivity contribution in [3.8, 4) is 5.75 Å². The number of nitrogens with zero attached hydrogens (tertiary/aromatic N) is 2. The molecule has 108 valence electrons. The monoisotopic (exact) mass is 305 g/mol. The van der Waals surface area contributed by atoms with Gasteiger partial charge < -0.3 is 5.11 Å². The highest BCUT2D eigenvalue weighted by Gasteiger charge is 2.12. The average molecular weight is 305 g/mol. The summed E-state index contributed by atoms with van der Waals surface area (Å²) in [7, 11) is 0. The topological polar surface area (TPSA) is 105 Å². The molecule has 21 heavy (non-hydrogen) atoms. The third kappa shape index (κ3) is 4.11. The van der Waals surface area contributed by atoms with Gasteiger partial charge in [0.25, 0.3) is 0 Å². The number of nitrogens with one attached hydrogen (secondary N) is 1. The van der Waals surface area contributed by atoms with Crippen LogP contribution in [0.25, 0.3) is 0 Å². The summed E-state index contributed by atoms with van der Waals surface area (Å²) in [5.41, 5.74) is 2.32. The number of amides is 1. The molecule has 0 bridgehead atoms. The fourth-order valence-electron chi connectivity index (χ4n) is 1.56. The highest BCUT2D eigenvalue weighted by Crippen LogP contribution is 2.25. The zero-order valence-corrected chi connectivity index (χ0v) is 11.5. The molecule has 2 rings (SSSR count). The molecule has 0 aliphatic rings. The maximum absolute atomic E-state index is 11.6. The van der Waals surface area contributed by atoms with Gasteiger partial charge in [-0.25, -0.2) is 5.43 Å². The minimum Gasteiger partial charge on any atom is -0.502 e. The molecule has 0 unspecified atom stereocenters. The van der Waals surface area contributed by atoms with Gasteiger partial charge in [0.15, 0.2) is 5.75 Å². The molecule has 0 saturated carbocycles. The Morgan fingerprint density at radius 2 is 2.29 bits per heavy atom. The predicted octanol–water partition coefficient (Wildman–Crippen LogP) is 2.05. The lowest BCUT2D eigenvalue weighted by atomic mass is 10.2. The van der Waals surface area contributed by atoms with Crippen molar-refractivity contribution in [1.82, 2.24) is 5.43 Å². The number of aromatic hydroxyl groups is 1. The van der Waals surface area contributed by atoms with Crippen LogP contribution in [0.4, 0.5) is 5.69 Å².